The van der Waals surface area contributed by atoms with Crippen LogP contribution in [-0.2, 0) is 19.6 Å². The first kappa shape index (κ1) is 23.2. The number of hydrogen-bond donors (Lipinski definition) is 1. The Hall–Kier alpha value is -2.49. The quantitative estimate of drug-likeness (QED) is 0.650. The van der Waals surface area contributed by atoms with Gasteiger partial charge < -0.3 is 10.1 Å². The number of esters is 1. The highest BCUT2D eigenvalue weighted by molar-refractivity contribution is 7.89. The lowest BCUT2D eigenvalue weighted by Gasteiger charge is -2.21. The third-order valence-electron chi connectivity index (χ3n) is 4.83. The van der Waals surface area contributed by atoms with Gasteiger partial charge in [-0.2, -0.15) is 4.31 Å². The van der Waals surface area contributed by atoms with Crippen molar-refractivity contribution in [2.24, 2.45) is 0 Å². The van der Waals surface area contributed by atoms with Crippen molar-refractivity contribution in [2.45, 2.75) is 30.6 Å². The first-order chi connectivity index (χ1) is 14.8. The summed E-state index contributed by atoms with van der Waals surface area (Å²) in [6.07, 6.45) is 3.44. The molecule has 0 radical (unpaired) electrons. The van der Waals surface area contributed by atoms with E-state index in [1.165, 1.54) is 34.6 Å². The van der Waals surface area contributed by atoms with Crippen molar-refractivity contribution in [2.75, 3.05) is 25.0 Å². The smallest absolute Gasteiger partial charge is 0.338 e. The van der Waals surface area contributed by atoms with E-state index in [1.54, 1.807) is 6.07 Å². The van der Waals surface area contributed by atoms with Crippen molar-refractivity contribution >= 4 is 39.2 Å². The van der Waals surface area contributed by atoms with Gasteiger partial charge in [0, 0.05) is 13.1 Å². The molecule has 1 heterocycles. The van der Waals surface area contributed by atoms with Crippen LogP contribution in [0.1, 0.15) is 36.0 Å². The summed E-state index contributed by atoms with van der Waals surface area (Å²) in [5.74, 6) is -2.25. The summed E-state index contributed by atoms with van der Waals surface area (Å²) in [5, 5.41) is 2.29. The van der Waals surface area contributed by atoms with Crippen molar-refractivity contribution in [3.05, 3.63) is 58.9 Å². The van der Waals surface area contributed by atoms with Crippen LogP contribution in [0.25, 0.3) is 0 Å². The van der Waals surface area contributed by atoms with Gasteiger partial charge in [-0.3, -0.25) is 4.79 Å². The van der Waals surface area contributed by atoms with Gasteiger partial charge in [-0.15, -0.1) is 0 Å². The Kier molecular flexibility index (Phi) is 7.64. The number of carbonyl (C=O) groups excluding carboxylic acids is 2. The van der Waals surface area contributed by atoms with Crippen LogP contribution in [0.4, 0.5) is 10.1 Å². The molecule has 0 unspecified atom stereocenters. The van der Waals surface area contributed by atoms with Crippen molar-refractivity contribution in [3.8, 4) is 0 Å². The molecule has 0 aliphatic carbocycles. The van der Waals surface area contributed by atoms with Crippen LogP contribution in [0.5, 0.6) is 0 Å². The molecule has 0 bridgehead atoms. The SMILES string of the molecule is O=C(COC(=O)c1ccc(Cl)c(S(=O)(=O)N2CCCCCC2)c1)Nc1ccccc1F. The van der Waals surface area contributed by atoms with E-state index in [4.69, 9.17) is 16.3 Å². The number of rotatable bonds is 6. The lowest BCUT2D eigenvalue weighted by molar-refractivity contribution is -0.119. The number of halogens is 2. The van der Waals surface area contributed by atoms with E-state index in [0.29, 0.717) is 13.1 Å². The number of nitrogens with zero attached hydrogens (tertiary/aromatic N) is 1. The number of ether oxygens (including phenoxy) is 1. The van der Waals surface area contributed by atoms with E-state index in [1.807, 2.05) is 0 Å². The molecular weight excluding hydrogens is 447 g/mol. The molecule has 31 heavy (non-hydrogen) atoms. The van der Waals surface area contributed by atoms with Gasteiger partial charge in [0.05, 0.1) is 16.3 Å². The molecule has 1 amide bonds. The number of nitrogens with one attached hydrogen (secondary N) is 1. The summed E-state index contributed by atoms with van der Waals surface area (Å²) >= 11 is 6.12. The van der Waals surface area contributed by atoms with Gasteiger partial charge >= 0.3 is 5.97 Å². The summed E-state index contributed by atoms with van der Waals surface area (Å²) in [6.45, 7) is 0.122. The normalized spacial score (nSPS) is 15.2. The maximum Gasteiger partial charge on any atom is 0.338 e. The summed E-state index contributed by atoms with van der Waals surface area (Å²) < 4.78 is 46.0. The van der Waals surface area contributed by atoms with Gasteiger partial charge in [0.15, 0.2) is 6.61 Å². The Bertz CT molecular complexity index is 1070. The zero-order chi connectivity index (χ0) is 22.4. The third-order valence-corrected chi connectivity index (χ3v) is 7.21. The number of anilines is 1. The number of sulfonamides is 1. The zero-order valence-electron chi connectivity index (χ0n) is 16.6. The van der Waals surface area contributed by atoms with Gasteiger partial charge in [-0.1, -0.05) is 36.6 Å². The summed E-state index contributed by atoms with van der Waals surface area (Å²) in [7, 11) is -3.88. The molecule has 3 rings (SSSR count). The third kappa shape index (κ3) is 5.81. The average molecular weight is 469 g/mol. The minimum absolute atomic E-state index is 0.00177. The lowest BCUT2D eigenvalue weighted by atomic mass is 10.2. The van der Waals surface area contributed by atoms with Crippen LogP contribution in [-0.4, -0.2) is 44.3 Å². The second-order valence-electron chi connectivity index (χ2n) is 7.07. The molecule has 1 fully saturated rings. The second kappa shape index (κ2) is 10.2. The predicted octanol–water partition coefficient (Wildman–Crippen LogP) is 3.84. The van der Waals surface area contributed by atoms with Gasteiger partial charge in [0.25, 0.3) is 5.91 Å². The van der Waals surface area contributed by atoms with Crippen molar-refractivity contribution < 1.29 is 27.1 Å². The monoisotopic (exact) mass is 468 g/mol. The highest BCUT2D eigenvalue weighted by Crippen LogP contribution is 2.28. The van der Waals surface area contributed by atoms with E-state index >= 15 is 0 Å². The standard InChI is InChI=1S/C21H22ClFN2O5S/c22-16-10-9-15(13-19(16)31(28,29)25-11-5-1-2-6-12-25)21(27)30-14-20(26)24-18-8-4-3-7-17(18)23/h3-4,7-10,13H,1-2,5-6,11-12,14H2,(H,24,26). The highest BCUT2D eigenvalue weighted by Gasteiger charge is 2.28. The van der Waals surface area contributed by atoms with Crippen LogP contribution in [0.3, 0.4) is 0 Å². The fourth-order valence-corrected chi connectivity index (χ4v) is 5.23. The van der Waals surface area contributed by atoms with Gasteiger partial charge in [-0.25, -0.2) is 17.6 Å². The van der Waals surface area contributed by atoms with E-state index in [0.717, 1.165) is 31.7 Å². The largest absolute Gasteiger partial charge is 0.452 e. The molecule has 2 aromatic rings. The summed E-state index contributed by atoms with van der Waals surface area (Å²) in [6, 6.07) is 9.35. The Balaban J connectivity index is 1.69. The average Bonchev–Trinajstić information content (AvgIpc) is 3.04. The number of carbonyl (C=O) groups is 2. The molecule has 0 atom stereocenters. The number of benzene rings is 2. The van der Waals surface area contributed by atoms with Crippen LogP contribution >= 0.6 is 11.6 Å². The molecule has 1 aliphatic rings. The molecule has 1 saturated heterocycles. The number of hydrogen-bond acceptors (Lipinski definition) is 5. The summed E-state index contributed by atoms with van der Waals surface area (Å²) in [4.78, 5) is 24.1. The molecule has 0 aromatic heterocycles. The highest BCUT2D eigenvalue weighted by atomic mass is 35.5. The molecule has 1 N–H and O–H groups in total. The van der Waals surface area contributed by atoms with Crippen LogP contribution < -0.4 is 5.32 Å². The van der Waals surface area contributed by atoms with Crippen LogP contribution in [0, 0.1) is 5.82 Å². The Morgan fingerprint density at radius 3 is 2.42 bits per heavy atom. The fourth-order valence-electron chi connectivity index (χ4n) is 3.21. The second-order valence-corrected chi connectivity index (χ2v) is 9.38. The number of para-hydroxylation sites is 1. The topological polar surface area (TPSA) is 92.8 Å². The Morgan fingerprint density at radius 2 is 1.74 bits per heavy atom. The van der Waals surface area contributed by atoms with Gasteiger partial charge in [0.1, 0.15) is 10.7 Å². The lowest BCUT2D eigenvalue weighted by Crippen LogP contribution is -2.32. The molecule has 0 spiro atoms. The van der Waals surface area contributed by atoms with E-state index < -0.39 is 34.3 Å². The molecule has 2 aromatic carbocycles. The van der Waals surface area contributed by atoms with E-state index in [-0.39, 0.29) is 21.2 Å². The van der Waals surface area contributed by atoms with E-state index in [9.17, 15) is 22.4 Å². The molecule has 7 nitrogen and oxygen atoms in total. The fraction of sp³-hybridized carbons (Fsp3) is 0.333. The Labute approximate surface area is 185 Å². The van der Waals surface area contributed by atoms with Crippen molar-refractivity contribution in [1.82, 2.24) is 4.31 Å². The molecule has 10 heteroatoms. The maximum atomic E-state index is 13.6. The molecule has 0 saturated carbocycles. The maximum absolute atomic E-state index is 13.6. The first-order valence-corrected chi connectivity index (χ1v) is 11.6. The van der Waals surface area contributed by atoms with Crippen molar-refractivity contribution in [3.63, 3.8) is 0 Å². The van der Waals surface area contributed by atoms with Crippen molar-refractivity contribution in [1.29, 1.82) is 0 Å². The summed E-state index contributed by atoms with van der Waals surface area (Å²) in [5.41, 5.74) is -0.0997. The Morgan fingerprint density at radius 1 is 1.06 bits per heavy atom. The van der Waals surface area contributed by atoms with E-state index in [2.05, 4.69) is 5.32 Å². The minimum atomic E-state index is -3.88. The number of amides is 1. The predicted molar refractivity (Wildman–Crippen MR) is 114 cm³/mol. The van der Waals surface area contributed by atoms with Crippen LogP contribution in [0.15, 0.2) is 47.4 Å². The first-order valence-electron chi connectivity index (χ1n) is 9.80. The molecular formula is C21H22ClFN2O5S. The van der Waals surface area contributed by atoms with Gasteiger partial charge in [0.2, 0.25) is 10.0 Å². The molecule has 1 aliphatic heterocycles. The van der Waals surface area contributed by atoms with Gasteiger partial charge in [-0.05, 0) is 43.2 Å². The van der Waals surface area contributed by atoms with Crippen LogP contribution in [0.2, 0.25) is 5.02 Å². The minimum Gasteiger partial charge on any atom is -0.452 e. The molecule has 166 valence electrons. The zero-order valence-corrected chi connectivity index (χ0v) is 18.2.